The van der Waals surface area contributed by atoms with Gasteiger partial charge in [0.25, 0.3) is 11.8 Å². The van der Waals surface area contributed by atoms with Gasteiger partial charge in [-0.3, -0.25) is 19.4 Å². The Balaban J connectivity index is 1.60. The van der Waals surface area contributed by atoms with Crippen molar-refractivity contribution in [3.63, 3.8) is 0 Å². The summed E-state index contributed by atoms with van der Waals surface area (Å²) in [5.41, 5.74) is 6.96. The Morgan fingerprint density at radius 1 is 0.818 bits per heavy atom. The van der Waals surface area contributed by atoms with Crippen LogP contribution in [0.2, 0.25) is 0 Å². The lowest BCUT2D eigenvalue weighted by Gasteiger charge is -2.27. The number of anilines is 1. The first-order valence-corrected chi connectivity index (χ1v) is 11.7. The maximum absolute atomic E-state index is 13.5. The third-order valence-electron chi connectivity index (χ3n) is 6.70. The molecule has 2 aromatic rings. The molecule has 2 aromatic carbocycles. The van der Waals surface area contributed by atoms with Gasteiger partial charge in [-0.2, -0.15) is 0 Å². The lowest BCUT2D eigenvalue weighted by atomic mass is 9.99. The number of benzene rings is 2. The molecule has 174 valence electrons. The summed E-state index contributed by atoms with van der Waals surface area (Å²) in [5.74, 6) is -0.481. The lowest BCUT2D eigenvalue weighted by molar-refractivity contribution is -0.136. The Morgan fingerprint density at radius 2 is 1.48 bits per heavy atom. The summed E-state index contributed by atoms with van der Waals surface area (Å²) < 4.78 is 5.41. The second-order valence-electron chi connectivity index (χ2n) is 9.04. The second-order valence-corrected chi connectivity index (χ2v) is 9.04. The van der Waals surface area contributed by atoms with Gasteiger partial charge in [-0.1, -0.05) is 24.3 Å². The maximum Gasteiger partial charge on any atom is 0.278 e. The van der Waals surface area contributed by atoms with Gasteiger partial charge in [0.15, 0.2) is 0 Å². The third kappa shape index (κ3) is 5.02. The molecule has 2 aliphatic rings. The van der Waals surface area contributed by atoms with Gasteiger partial charge in [0.1, 0.15) is 5.70 Å². The number of carbonyl (C=O) groups excluding carboxylic acids is 2. The first kappa shape index (κ1) is 23.2. The van der Waals surface area contributed by atoms with E-state index in [9.17, 15) is 9.59 Å². The number of rotatable bonds is 7. The zero-order valence-corrected chi connectivity index (χ0v) is 20.0. The molecule has 0 bridgehead atoms. The van der Waals surface area contributed by atoms with Gasteiger partial charge in [-0.15, -0.1) is 0 Å². The minimum atomic E-state index is -0.256. The molecule has 0 aromatic heterocycles. The minimum Gasteiger partial charge on any atom is -0.379 e. The van der Waals surface area contributed by atoms with E-state index < -0.39 is 0 Å². The van der Waals surface area contributed by atoms with Crippen LogP contribution in [0.15, 0.2) is 42.1 Å². The summed E-state index contributed by atoms with van der Waals surface area (Å²) in [5, 5.41) is 3.28. The molecule has 0 radical (unpaired) electrons. The van der Waals surface area contributed by atoms with Crippen molar-refractivity contribution in [1.29, 1.82) is 0 Å². The van der Waals surface area contributed by atoms with Crippen molar-refractivity contribution in [3.8, 4) is 0 Å². The van der Waals surface area contributed by atoms with E-state index in [1.807, 2.05) is 57.2 Å². The van der Waals surface area contributed by atoms with E-state index in [0.29, 0.717) is 17.8 Å². The van der Waals surface area contributed by atoms with E-state index in [4.69, 9.17) is 4.74 Å². The normalized spacial score (nSPS) is 17.3. The van der Waals surface area contributed by atoms with Crippen LogP contribution in [0.25, 0.3) is 5.57 Å². The Bertz CT molecular complexity index is 1100. The molecular formula is C27H33N3O3. The number of aryl methyl sites for hydroxylation is 4. The summed E-state index contributed by atoms with van der Waals surface area (Å²) in [4.78, 5) is 30.6. The standard InChI is InChI=1S/C27H33N3O3/c1-18-6-8-22(16-20(18)3)24-25(28-23-9-7-19(2)21(4)17-23)27(32)30(26(24)31)11-5-10-29-12-14-33-15-13-29/h6-9,16-17,28H,5,10-15H2,1-4H3. The molecule has 1 fully saturated rings. The molecular weight excluding hydrogens is 414 g/mol. The highest BCUT2D eigenvalue weighted by molar-refractivity contribution is 6.36. The first-order chi connectivity index (χ1) is 15.8. The van der Waals surface area contributed by atoms with Crippen LogP contribution in [-0.4, -0.2) is 61.0 Å². The fourth-order valence-electron chi connectivity index (χ4n) is 4.30. The van der Waals surface area contributed by atoms with Crippen molar-refractivity contribution in [3.05, 3.63) is 69.9 Å². The lowest BCUT2D eigenvalue weighted by Crippen LogP contribution is -2.39. The summed E-state index contributed by atoms with van der Waals surface area (Å²) in [6.07, 6.45) is 0.745. The maximum atomic E-state index is 13.5. The van der Waals surface area contributed by atoms with Crippen molar-refractivity contribution in [2.75, 3.05) is 44.7 Å². The summed E-state index contributed by atoms with van der Waals surface area (Å²) >= 11 is 0. The van der Waals surface area contributed by atoms with Crippen LogP contribution in [0.5, 0.6) is 0 Å². The van der Waals surface area contributed by atoms with Crippen LogP contribution in [0, 0.1) is 27.7 Å². The smallest absolute Gasteiger partial charge is 0.278 e. The molecule has 6 nitrogen and oxygen atoms in total. The van der Waals surface area contributed by atoms with Gasteiger partial charge in [-0.05, 0) is 74.1 Å². The second kappa shape index (κ2) is 9.89. The van der Waals surface area contributed by atoms with Gasteiger partial charge in [-0.25, -0.2) is 0 Å². The average molecular weight is 448 g/mol. The fourth-order valence-corrected chi connectivity index (χ4v) is 4.30. The number of carbonyl (C=O) groups is 2. The topological polar surface area (TPSA) is 61.9 Å². The van der Waals surface area contributed by atoms with Crippen molar-refractivity contribution in [1.82, 2.24) is 9.80 Å². The van der Waals surface area contributed by atoms with Crippen LogP contribution >= 0.6 is 0 Å². The highest BCUT2D eigenvalue weighted by atomic mass is 16.5. The predicted molar refractivity (Wildman–Crippen MR) is 131 cm³/mol. The molecule has 0 aliphatic carbocycles. The third-order valence-corrected chi connectivity index (χ3v) is 6.70. The Kier molecular flexibility index (Phi) is 6.96. The number of hydrogen-bond donors (Lipinski definition) is 1. The molecule has 0 unspecified atom stereocenters. The van der Waals surface area contributed by atoms with Gasteiger partial charge in [0, 0.05) is 31.9 Å². The van der Waals surface area contributed by atoms with Gasteiger partial charge in [0.2, 0.25) is 0 Å². The molecule has 1 N–H and O–H groups in total. The van der Waals surface area contributed by atoms with Crippen LogP contribution in [0.3, 0.4) is 0 Å². The quantitative estimate of drug-likeness (QED) is 0.654. The molecule has 33 heavy (non-hydrogen) atoms. The molecule has 0 atom stereocenters. The van der Waals surface area contributed by atoms with E-state index in [1.165, 1.54) is 10.5 Å². The highest BCUT2D eigenvalue weighted by Crippen LogP contribution is 2.32. The zero-order valence-electron chi connectivity index (χ0n) is 20.0. The summed E-state index contributed by atoms with van der Waals surface area (Å²) in [6.45, 7) is 12.7. The molecule has 2 aliphatic heterocycles. The number of imide groups is 1. The molecule has 0 saturated carbocycles. The van der Waals surface area contributed by atoms with E-state index in [-0.39, 0.29) is 11.8 Å². The molecule has 4 rings (SSSR count). The molecule has 1 saturated heterocycles. The summed E-state index contributed by atoms with van der Waals surface area (Å²) in [6, 6.07) is 11.9. The van der Waals surface area contributed by atoms with Gasteiger partial charge < -0.3 is 10.1 Å². The SMILES string of the molecule is Cc1ccc(NC2=C(c3ccc(C)c(C)c3)C(=O)N(CCCN3CCOCC3)C2=O)cc1C. The van der Waals surface area contributed by atoms with Crippen LogP contribution < -0.4 is 5.32 Å². The zero-order chi connectivity index (χ0) is 23.5. The number of ether oxygens (including phenoxy) is 1. The van der Waals surface area contributed by atoms with Crippen molar-refractivity contribution in [2.24, 2.45) is 0 Å². The molecule has 6 heteroatoms. The van der Waals surface area contributed by atoms with E-state index in [2.05, 4.69) is 17.1 Å². The molecule has 2 heterocycles. The summed E-state index contributed by atoms with van der Waals surface area (Å²) in [7, 11) is 0. The fraction of sp³-hybridized carbons (Fsp3) is 0.407. The van der Waals surface area contributed by atoms with Gasteiger partial charge in [0.05, 0.1) is 18.8 Å². The van der Waals surface area contributed by atoms with Gasteiger partial charge >= 0.3 is 0 Å². The monoisotopic (exact) mass is 447 g/mol. The van der Waals surface area contributed by atoms with E-state index >= 15 is 0 Å². The number of hydrogen-bond acceptors (Lipinski definition) is 5. The van der Waals surface area contributed by atoms with Crippen LogP contribution in [0.1, 0.15) is 34.2 Å². The van der Waals surface area contributed by atoms with E-state index in [0.717, 1.165) is 67.2 Å². The molecule has 0 spiro atoms. The van der Waals surface area contributed by atoms with Crippen molar-refractivity contribution >= 4 is 23.1 Å². The van der Waals surface area contributed by atoms with E-state index in [1.54, 1.807) is 0 Å². The minimum absolute atomic E-state index is 0.225. The molecule has 2 amide bonds. The Morgan fingerprint density at radius 3 is 2.15 bits per heavy atom. The Labute approximate surface area is 196 Å². The largest absolute Gasteiger partial charge is 0.379 e. The number of nitrogens with zero attached hydrogens (tertiary/aromatic N) is 2. The van der Waals surface area contributed by atoms with Crippen LogP contribution in [-0.2, 0) is 14.3 Å². The van der Waals surface area contributed by atoms with Crippen LogP contribution in [0.4, 0.5) is 5.69 Å². The average Bonchev–Trinajstić information content (AvgIpc) is 3.03. The number of morpholine rings is 1. The first-order valence-electron chi connectivity index (χ1n) is 11.7. The van der Waals surface area contributed by atoms with Crippen molar-refractivity contribution in [2.45, 2.75) is 34.1 Å². The van der Waals surface area contributed by atoms with Crippen molar-refractivity contribution < 1.29 is 14.3 Å². The number of nitrogens with one attached hydrogen (secondary N) is 1. The number of amides is 2. The predicted octanol–water partition coefficient (Wildman–Crippen LogP) is 3.83. The highest BCUT2D eigenvalue weighted by Gasteiger charge is 2.39. The Hall–Kier alpha value is -2.96.